The van der Waals surface area contributed by atoms with Crippen molar-refractivity contribution in [3.05, 3.63) is 64.7 Å². The zero-order chi connectivity index (χ0) is 18.6. The third-order valence-electron chi connectivity index (χ3n) is 5.69. The van der Waals surface area contributed by atoms with Crippen LogP contribution in [0, 0.1) is 6.92 Å². The molecular formula is C23H24ClNO. The fourth-order valence-electron chi connectivity index (χ4n) is 4.25. The molecule has 3 aromatic rings. The first kappa shape index (κ1) is 17.4. The number of anilines is 1. The third-order valence-corrected chi connectivity index (χ3v) is 6.10. The molecule has 26 heavy (non-hydrogen) atoms. The monoisotopic (exact) mass is 365 g/mol. The number of benzene rings is 3. The first-order valence-electron chi connectivity index (χ1n) is 9.08. The van der Waals surface area contributed by atoms with Crippen molar-refractivity contribution in [3.8, 4) is 11.1 Å². The number of hydrogen-bond acceptors (Lipinski definition) is 2. The van der Waals surface area contributed by atoms with Gasteiger partial charge in [0.25, 0.3) is 0 Å². The van der Waals surface area contributed by atoms with E-state index in [1.807, 2.05) is 13.8 Å². The summed E-state index contributed by atoms with van der Waals surface area (Å²) < 4.78 is 0. The fourth-order valence-corrected chi connectivity index (χ4v) is 4.67. The Balaban J connectivity index is 2.00. The first-order chi connectivity index (χ1) is 12.3. The van der Waals surface area contributed by atoms with Crippen LogP contribution >= 0.6 is 11.6 Å². The molecule has 3 aromatic carbocycles. The van der Waals surface area contributed by atoms with E-state index in [0.717, 1.165) is 33.0 Å². The average Bonchev–Trinajstić information content (AvgIpc) is 2.62. The smallest absolute Gasteiger partial charge is 0.0831 e. The van der Waals surface area contributed by atoms with Crippen molar-refractivity contribution >= 4 is 28.1 Å². The van der Waals surface area contributed by atoms with Crippen LogP contribution < -0.4 is 5.32 Å². The summed E-state index contributed by atoms with van der Waals surface area (Å²) in [5, 5.41) is 17.4. The lowest BCUT2D eigenvalue weighted by molar-refractivity contribution is 0.0869. The number of nitrogens with one attached hydrogen (secondary N) is 1. The van der Waals surface area contributed by atoms with Gasteiger partial charge in [-0.25, -0.2) is 0 Å². The Bertz CT molecular complexity index is 1000. The van der Waals surface area contributed by atoms with Gasteiger partial charge in [-0.3, -0.25) is 0 Å². The van der Waals surface area contributed by atoms with Crippen LogP contribution in [0.5, 0.6) is 0 Å². The van der Waals surface area contributed by atoms with E-state index in [0.29, 0.717) is 0 Å². The summed E-state index contributed by atoms with van der Waals surface area (Å²) in [6.45, 7) is 8.23. The molecule has 2 unspecified atom stereocenters. The van der Waals surface area contributed by atoms with Crippen LogP contribution in [0.15, 0.2) is 48.5 Å². The highest BCUT2D eigenvalue weighted by molar-refractivity contribution is 6.35. The minimum Gasteiger partial charge on any atom is -0.390 e. The molecule has 0 saturated heterocycles. The molecule has 1 aliphatic rings. The van der Waals surface area contributed by atoms with E-state index >= 15 is 0 Å². The van der Waals surface area contributed by atoms with E-state index in [-0.39, 0.29) is 11.5 Å². The summed E-state index contributed by atoms with van der Waals surface area (Å²) in [7, 11) is 0. The van der Waals surface area contributed by atoms with Crippen LogP contribution in [0.4, 0.5) is 5.69 Å². The summed E-state index contributed by atoms with van der Waals surface area (Å²) in [5.74, 6) is -0.0395. The van der Waals surface area contributed by atoms with Crippen molar-refractivity contribution in [1.82, 2.24) is 0 Å². The number of hydrogen-bond donors (Lipinski definition) is 2. The van der Waals surface area contributed by atoms with Crippen LogP contribution in [0.25, 0.3) is 21.9 Å². The highest BCUT2D eigenvalue weighted by Crippen LogP contribution is 2.48. The van der Waals surface area contributed by atoms with Gasteiger partial charge in [0.05, 0.1) is 16.7 Å². The Morgan fingerprint density at radius 1 is 1.04 bits per heavy atom. The lowest BCUT2D eigenvalue weighted by Gasteiger charge is -2.43. The maximum Gasteiger partial charge on any atom is 0.0831 e. The van der Waals surface area contributed by atoms with Crippen LogP contribution in [0.2, 0.25) is 5.02 Å². The second-order valence-corrected chi connectivity index (χ2v) is 8.33. The quantitative estimate of drug-likeness (QED) is 0.543. The number of halogens is 1. The standard InChI is InChI=1S/C23H24ClNO/c1-13-12-18(17-11-7-9-15-8-5-6-10-16(15)17)20(24)19-14(2)22(26)23(3,4)25-21(13)19/h5-12,14,22,25-26H,1-4H3. The molecule has 2 atom stereocenters. The van der Waals surface area contributed by atoms with Gasteiger partial charge >= 0.3 is 0 Å². The zero-order valence-corrected chi connectivity index (χ0v) is 16.4. The van der Waals surface area contributed by atoms with E-state index in [1.165, 1.54) is 10.8 Å². The molecule has 2 N–H and O–H groups in total. The number of aliphatic hydroxyl groups excluding tert-OH is 1. The normalized spacial score (nSPS) is 21.3. The first-order valence-corrected chi connectivity index (χ1v) is 9.46. The molecule has 0 fully saturated rings. The molecule has 0 amide bonds. The van der Waals surface area contributed by atoms with E-state index in [4.69, 9.17) is 11.6 Å². The molecule has 0 aliphatic carbocycles. The van der Waals surface area contributed by atoms with Gasteiger partial charge in [0.1, 0.15) is 0 Å². The van der Waals surface area contributed by atoms with Crippen molar-refractivity contribution in [2.45, 2.75) is 45.3 Å². The van der Waals surface area contributed by atoms with E-state index in [1.54, 1.807) is 0 Å². The van der Waals surface area contributed by atoms with Gasteiger partial charge < -0.3 is 10.4 Å². The van der Waals surface area contributed by atoms with Gasteiger partial charge in [0, 0.05) is 22.7 Å². The molecule has 2 nitrogen and oxygen atoms in total. The van der Waals surface area contributed by atoms with Crippen molar-refractivity contribution in [3.63, 3.8) is 0 Å². The van der Waals surface area contributed by atoms with Gasteiger partial charge in [0.15, 0.2) is 0 Å². The summed E-state index contributed by atoms with van der Waals surface area (Å²) in [6, 6.07) is 16.8. The molecule has 3 heteroatoms. The molecule has 134 valence electrons. The molecule has 0 aromatic heterocycles. The Morgan fingerprint density at radius 3 is 2.50 bits per heavy atom. The molecule has 4 rings (SSSR count). The van der Waals surface area contributed by atoms with Crippen LogP contribution in [-0.2, 0) is 0 Å². The van der Waals surface area contributed by atoms with Gasteiger partial charge in [0.2, 0.25) is 0 Å². The Kier molecular flexibility index (Phi) is 4.02. The van der Waals surface area contributed by atoms with Crippen LogP contribution in [0.3, 0.4) is 0 Å². The molecule has 1 heterocycles. The highest BCUT2D eigenvalue weighted by atomic mass is 35.5. The number of rotatable bonds is 1. The average molecular weight is 366 g/mol. The van der Waals surface area contributed by atoms with E-state index < -0.39 is 6.10 Å². The highest BCUT2D eigenvalue weighted by Gasteiger charge is 2.40. The summed E-state index contributed by atoms with van der Waals surface area (Å²) in [6.07, 6.45) is -0.505. The number of aliphatic hydroxyl groups is 1. The largest absolute Gasteiger partial charge is 0.390 e. The van der Waals surface area contributed by atoms with Crippen molar-refractivity contribution in [2.24, 2.45) is 0 Å². The number of fused-ring (bicyclic) bond motifs is 2. The van der Waals surface area contributed by atoms with Gasteiger partial charge in [-0.2, -0.15) is 0 Å². The number of aryl methyl sites for hydroxylation is 1. The second kappa shape index (κ2) is 6.00. The van der Waals surface area contributed by atoms with E-state index in [2.05, 4.69) is 67.7 Å². The minimum atomic E-state index is -0.505. The summed E-state index contributed by atoms with van der Waals surface area (Å²) in [4.78, 5) is 0. The molecule has 0 spiro atoms. The second-order valence-electron chi connectivity index (χ2n) is 7.95. The molecule has 0 bridgehead atoms. The summed E-state index contributed by atoms with van der Waals surface area (Å²) >= 11 is 6.94. The van der Waals surface area contributed by atoms with Crippen molar-refractivity contribution in [2.75, 3.05) is 5.32 Å². The lowest BCUT2D eigenvalue weighted by Crippen LogP contribution is -2.50. The Morgan fingerprint density at radius 2 is 1.73 bits per heavy atom. The topological polar surface area (TPSA) is 32.3 Å². The fraction of sp³-hybridized carbons (Fsp3) is 0.304. The predicted molar refractivity (Wildman–Crippen MR) is 111 cm³/mol. The molecular weight excluding hydrogens is 342 g/mol. The molecule has 0 radical (unpaired) electrons. The third kappa shape index (κ3) is 2.52. The minimum absolute atomic E-state index is 0.0395. The van der Waals surface area contributed by atoms with E-state index in [9.17, 15) is 5.11 Å². The maximum atomic E-state index is 10.8. The van der Waals surface area contributed by atoms with Gasteiger partial charge in [-0.1, -0.05) is 61.0 Å². The van der Waals surface area contributed by atoms with Crippen molar-refractivity contribution in [1.29, 1.82) is 0 Å². The molecule has 1 aliphatic heterocycles. The Hall–Kier alpha value is -2.03. The SMILES string of the molecule is Cc1cc(-c2cccc3ccccc23)c(Cl)c2c1NC(C)(C)C(O)C2C. The van der Waals surface area contributed by atoms with Gasteiger partial charge in [-0.05, 0) is 48.7 Å². The Labute approximate surface area is 159 Å². The predicted octanol–water partition coefficient (Wildman–Crippen LogP) is 6.14. The maximum absolute atomic E-state index is 10.8. The summed E-state index contributed by atoms with van der Waals surface area (Å²) in [5.41, 5.74) is 5.00. The zero-order valence-electron chi connectivity index (χ0n) is 15.6. The van der Waals surface area contributed by atoms with Crippen LogP contribution in [0.1, 0.15) is 37.8 Å². The van der Waals surface area contributed by atoms with Crippen molar-refractivity contribution < 1.29 is 5.11 Å². The molecule has 0 saturated carbocycles. The lowest BCUT2D eigenvalue weighted by atomic mass is 9.77. The van der Waals surface area contributed by atoms with Gasteiger partial charge in [-0.15, -0.1) is 0 Å². The van der Waals surface area contributed by atoms with Crippen LogP contribution in [-0.4, -0.2) is 16.7 Å².